The average Bonchev–Trinajstić information content (AvgIpc) is 2.64. The molecule has 4 nitrogen and oxygen atoms in total. The monoisotopic (exact) mass is 190 g/mol. The van der Waals surface area contributed by atoms with Gasteiger partial charge in [-0.2, -0.15) is 0 Å². The molecule has 0 spiro atoms. The number of hydrogen-bond acceptors (Lipinski definition) is 3. The Labute approximate surface area is 97.7 Å². The maximum atomic E-state index is 11.2. The third kappa shape index (κ3) is 1.13. The van der Waals surface area contributed by atoms with E-state index in [0.717, 1.165) is 12.8 Å². The van der Waals surface area contributed by atoms with Gasteiger partial charge in [-0.15, -0.1) is 0 Å². The minimum Gasteiger partial charge on any atom is -0.373 e. The summed E-state index contributed by atoms with van der Waals surface area (Å²) in [7, 11) is 0. The van der Waals surface area contributed by atoms with Crippen LogP contribution in [0.4, 0.5) is 0 Å². The Balaban J connectivity index is 0.000000653. The molecule has 0 saturated carbocycles. The molecule has 2 amide bonds. The van der Waals surface area contributed by atoms with E-state index in [1.807, 2.05) is 0 Å². The van der Waals surface area contributed by atoms with E-state index in [4.69, 9.17) is 4.74 Å². The zero-order valence-corrected chi connectivity index (χ0v) is 9.45. The van der Waals surface area contributed by atoms with Crippen molar-refractivity contribution in [1.29, 1.82) is 0 Å². The van der Waals surface area contributed by atoms with E-state index in [2.05, 4.69) is 5.32 Å². The van der Waals surface area contributed by atoms with Crippen LogP contribution in [0.3, 0.4) is 0 Å². The van der Waals surface area contributed by atoms with E-state index in [9.17, 15) is 9.59 Å². The van der Waals surface area contributed by atoms with Crippen molar-refractivity contribution in [2.24, 2.45) is 11.8 Å². The Kier molecular flexibility index (Phi) is 2.27. The SMILES string of the molecule is O=C1NC(=O)C2C3CCC(O3)C12.[Na+]. The van der Waals surface area contributed by atoms with Gasteiger partial charge in [-0.3, -0.25) is 14.9 Å². The van der Waals surface area contributed by atoms with Gasteiger partial charge >= 0.3 is 29.6 Å². The molecule has 0 aromatic rings. The van der Waals surface area contributed by atoms with Gasteiger partial charge in [-0.05, 0) is 12.8 Å². The van der Waals surface area contributed by atoms with Crippen molar-refractivity contribution in [2.75, 3.05) is 0 Å². The van der Waals surface area contributed by atoms with Crippen LogP contribution in [0.5, 0.6) is 0 Å². The number of amides is 2. The molecule has 5 heteroatoms. The fourth-order valence-corrected chi connectivity index (χ4v) is 2.63. The zero-order valence-electron chi connectivity index (χ0n) is 7.45. The van der Waals surface area contributed by atoms with Gasteiger partial charge in [0.1, 0.15) is 0 Å². The third-order valence-electron chi connectivity index (χ3n) is 3.13. The minimum atomic E-state index is -0.170. The van der Waals surface area contributed by atoms with Crippen LogP contribution in [-0.2, 0) is 14.3 Å². The number of fused-ring (bicyclic) bond motifs is 5. The molecule has 0 aromatic heterocycles. The Morgan fingerprint density at radius 3 is 2.00 bits per heavy atom. The summed E-state index contributed by atoms with van der Waals surface area (Å²) < 4.78 is 5.50. The Morgan fingerprint density at radius 1 is 1.08 bits per heavy atom. The van der Waals surface area contributed by atoms with Crippen molar-refractivity contribution in [1.82, 2.24) is 5.32 Å². The molecule has 4 atom stereocenters. The second-order valence-electron chi connectivity index (χ2n) is 3.70. The molecule has 3 aliphatic heterocycles. The molecule has 2 bridgehead atoms. The molecular formula is C8H9NNaO3+. The quantitative estimate of drug-likeness (QED) is 0.318. The zero-order chi connectivity index (χ0) is 8.29. The number of nitrogens with one attached hydrogen (secondary N) is 1. The van der Waals surface area contributed by atoms with Gasteiger partial charge in [0.2, 0.25) is 11.8 Å². The van der Waals surface area contributed by atoms with Gasteiger partial charge in [0.25, 0.3) is 0 Å². The van der Waals surface area contributed by atoms with Crippen LogP contribution in [0.15, 0.2) is 0 Å². The molecule has 64 valence electrons. The fraction of sp³-hybridized carbons (Fsp3) is 0.750. The average molecular weight is 190 g/mol. The summed E-state index contributed by atoms with van der Waals surface area (Å²) >= 11 is 0. The first kappa shape index (κ1) is 9.65. The van der Waals surface area contributed by atoms with Crippen molar-refractivity contribution < 1.29 is 43.9 Å². The van der Waals surface area contributed by atoms with E-state index in [0.29, 0.717) is 0 Å². The second-order valence-corrected chi connectivity index (χ2v) is 3.70. The van der Waals surface area contributed by atoms with Gasteiger partial charge in [-0.1, -0.05) is 0 Å². The summed E-state index contributed by atoms with van der Waals surface area (Å²) in [6, 6.07) is 0. The standard InChI is InChI=1S/C8H9NO3.Na/c10-7-5-3-1-2-4(12-3)6(5)8(11)9-7;/h3-6H,1-2H2,(H,9,10,11);/q;+1. The second kappa shape index (κ2) is 3.05. The molecule has 3 aliphatic rings. The first-order valence-electron chi connectivity index (χ1n) is 4.27. The van der Waals surface area contributed by atoms with E-state index in [-0.39, 0.29) is 65.4 Å². The molecule has 3 rings (SSSR count). The number of carbonyl (C=O) groups excluding carboxylic acids is 2. The molecule has 1 N–H and O–H groups in total. The molecule has 13 heavy (non-hydrogen) atoms. The van der Waals surface area contributed by atoms with E-state index >= 15 is 0 Å². The summed E-state index contributed by atoms with van der Waals surface area (Å²) in [5.41, 5.74) is 0. The smallest absolute Gasteiger partial charge is 0.373 e. The summed E-state index contributed by atoms with van der Waals surface area (Å²) in [5.74, 6) is -0.595. The largest absolute Gasteiger partial charge is 1.00 e. The summed E-state index contributed by atoms with van der Waals surface area (Å²) in [5, 5.41) is 2.36. The van der Waals surface area contributed by atoms with Crippen molar-refractivity contribution in [3.05, 3.63) is 0 Å². The van der Waals surface area contributed by atoms with Crippen LogP contribution in [0.1, 0.15) is 12.8 Å². The number of imide groups is 1. The van der Waals surface area contributed by atoms with Gasteiger partial charge < -0.3 is 4.74 Å². The van der Waals surface area contributed by atoms with Crippen LogP contribution in [0.25, 0.3) is 0 Å². The normalized spacial score (nSPS) is 45.8. The van der Waals surface area contributed by atoms with Crippen molar-refractivity contribution in [2.45, 2.75) is 25.0 Å². The number of ether oxygens (including phenoxy) is 1. The van der Waals surface area contributed by atoms with Gasteiger partial charge in [-0.25, -0.2) is 0 Å². The van der Waals surface area contributed by atoms with Crippen molar-refractivity contribution in [3.8, 4) is 0 Å². The van der Waals surface area contributed by atoms with Gasteiger partial charge in [0.05, 0.1) is 24.0 Å². The van der Waals surface area contributed by atoms with E-state index < -0.39 is 0 Å². The minimum absolute atomic E-state index is 0. The van der Waals surface area contributed by atoms with E-state index in [1.54, 1.807) is 0 Å². The van der Waals surface area contributed by atoms with Crippen LogP contribution in [0, 0.1) is 11.8 Å². The van der Waals surface area contributed by atoms with Crippen molar-refractivity contribution >= 4 is 11.8 Å². The van der Waals surface area contributed by atoms with Crippen LogP contribution < -0.4 is 34.9 Å². The number of rotatable bonds is 0. The molecule has 0 radical (unpaired) electrons. The molecule has 4 unspecified atom stereocenters. The Bertz CT molecular complexity index is 255. The number of carbonyl (C=O) groups is 2. The van der Waals surface area contributed by atoms with Crippen LogP contribution in [0.2, 0.25) is 0 Å². The maximum absolute atomic E-state index is 11.2. The molecule has 0 aliphatic carbocycles. The topological polar surface area (TPSA) is 55.4 Å². The third-order valence-corrected chi connectivity index (χ3v) is 3.13. The van der Waals surface area contributed by atoms with Crippen molar-refractivity contribution in [3.63, 3.8) is 0 Å². The summed E-state index contributed by atoms with van der Waals surface area (Å²) in [6.07, 6.45) is 1.91. The molecule has 3 heterocycles. The molecule has 3 saturated heterocycles. The first-order valence-corrected chi connectivity index (χ1v) is 4.27. The van der Waals surface area contributed by atoms with Crippen LogP contribution >= 0.6 is 0 Å². The summed E-state index contributed by atoms with van der Waals surface area (Å²) in [6.45, 7) is 0. The Morgan fingerprint density at radius 2 is 1.54 bits per heavy atom. The fourth-order valence-electron chi connectivity index (χ4n) is 2.63. The molecule has 3 fully saturated rings. The van der Waals surface area contributed by atoms with Gasteiger partial charge in [0.15, 0.2) is 0 Å². The molecular weight excluding hydrogens is 181 g/mol. The Hall–Kier alpha value is 0.1000. The van der Waals surface area contributed by atoms with Gasteiger partial charge in [0, 0.05) is 0 Å². The predicted octanol–water partition coefficient (Wildman–Crippen LogP) is -3.56. The van der Waals surface area contributed by atoms with E-state index in [1.165, 1.54) is 0 Å². The predicted molar refractivity (Wildman–Crippen MR) is 38.0 cm³/mol. The molecule has 0 aromatic carbocycles. The summed E-state index contributed by atoms with van der Waals surface area (Å²) in [4.78, 5) is 22.5. The number of hydrogen-bond donors (Lipinski definition) is 1. The van der Waals surface area contributed by atoms with Crippen LogP contribution in [-0.4, -0.2) is 24.0 Å². The first-order chi connectivity index (χ1) is 5.77. The maximum Gasteiger partial charge on any atom is 1.00 e.